The highest BCUT2D eigenvalue weighted by atomic mass is 79.9. The van der Waals surface area contributed by atoms with Gasteiger partial charge in [-0.1, -0.05) is 12.1 Å². The molecule has 14 heavy (non-hydrogen) atoms. The summed E-state index contributed by atoms with van der Waals surface area (Å²) < 4.78 is 13.3. The molecule has 0 fully saturated rings. The highest BCUT2D eigenvalue weighted by Gasteiger charge is 2.13. The number of aliphatic hydroxyl groups is 1. The molecule has 2 nitrogen and oxygen atoms in total. The molecule has 4 heteroatoms. The highest BCUT2D eigenvalue weighted by molar-refractivity contribution is 9.10. The molecule has 1 atom stereocenters. The standard InChI is InChI=1S/C10H10BrFO2/c1-6(13)9(14)5-7-3-2-4-8(12)10(7)11/h2-4,6,13H,5H2,1H3. The summed E-state index contributed by atoms with van der Waals surface area (Å²) >= 11 is 3.05. The van der Waals surface area contributed by atoms with Crippen LogP contribution in [-0.4, -0.2) is 17.0 Å². The van der Waals surface area contributed by atoms with Crippen molar-refractivity contribution in [1.29, 1.82) is 0 Å². The van der Waals surface area contributed by atoms with Gasteiger partial charge in [0, 0.05) is 6.42 Å². The summed E-state index contributed by atoms with van der Waals surface area (Å²) in [7, 11) is 0. The molecule has 76 valence electrons. The molecule has 1 aromatic rings. The predicted molar refractivity (Wildman–Crippen MR) is 54.5 cm³/mol. The van der Waals surface area contributed by atoms with E-state index in [-0.39, 0.29) is 16.7 Å². The lowest BCUT2D eigenvalue weighted by Crippen LogP contribution is -2.18. The fraction of sp³-hybridized carbons (Fsp3) is 0.300. The van der Waals surface area contributed by atoms with Crippen LogP contribution in [0.25, 0.3) is 0 Å². The quantitative estimate of drug-likeness (QED) is 0.904. The second kappa shape index (κ2) is 4.66. The molecule has 1 unspecified atom stereocenters. The van der Waals surface area contributed by atoms with Crippen molar-refractivity contribution >= 4 is 21.7 Å². The fourth-order valence-corrected chi connectivity index (χ4v) is 1.42. The third-order valence-corrected chi connectivity index (χ3v) is 2.75. The Morgan fingerprint density at radius 2 is 2.29 bits per heavy atom. The highest BCUT2D eigenvalue weighted by Crippen LogP contribution is 2.21. The van der Waals surface area contributed by atoms with Gasteiger partial charge in [-0.3, -0.25) is 4.79 Å². The molecule has 0 spiro atoms. The third kappa shape index (κ3) is 2.62. The smallest absolute Gasteiger partial charge is 0.165 e. The van der Waals surface area contributed by atoms with Crippen LogP contribution in [0.3, 0.4) is 0 Å². The number of Topliss-reactive ketones (excluding diaryl/α,β-unsaturated/α-hetero) is 1. The molecule has 0 aromatic heterocycles. The topological polar surface area (TPSA) is 37.3 Å². The molecule has 1 N–H and O–H groups in total. The monoisotopic (exact) mass is 260 g/mol. The number of carbonyl (C=O) groups excluding carboxylic acids is 1. The van der Waals surface area contributed by atoms with E-state index >= 15 is 0 Å². The van der Waals surface area contributed by atoms with Crippen molar-refractivity contribution in [3.05, 3.63) is 34.1 Å². The SMILES string of the molecule is CC(O)C(=O)Cc1cccc(F)c1Br. The molecule has 0 bridgehead atoms. The normalized spacial score (nSPS) is 12.6. The van der Waals surface area contributed by atoms with Crippen molar-refractivity contribution in [3.63, 3.8) is 0 Å². The van der Waals surface area contributed by atoms with Crippen molar-refractivity contribution in [2.24, 2.45) is 0 Å². The molecule has 0 radical (unpaired) electrons. The number of aliphatic hydroxyl groups excluding tert-OH is 1. The molecule has 0 aliphatic heterocycles. The van der Waals surface area contributed by atoms with Crippen molar-refractivity contribution in [2.75, 3.05) is 0 Å². The van der Waals surface area contributed by atoms with Gasteiger partial charge in [0.05, 0.1) is 4.47 Å². The maximum absolute atomic E-state index is 13.0. The molecule has 0 aliphatic carbocycles. The Hall–Kier alpha value is -0.740. The lowest BCUT2D eigenvalue weighted by molar-refractivity contribution is -0.125. The van der Waals surface area contributed by atoms with Gasteiger partial charge in [-0.05, 0) is 34.5 Å². The zero-order valence-corrected chi connectivity index (χ0v) is 9.21. The molecule has 0 aliphatic rings. The number of benzene rings is 1. The van der Waals surface area contributed by atoms with Gasteiger partial charge in [-0.25, -0.2) is 4.39 Å². The van der Waals surface area contributed by atoms with Crippen molar-refractivity contribution < 1.29 is 14.3 Å². The lowest BCUT2D eigenvalue weighted by Gasteiger charge is -2.06. The summed E-state index contributed by atoms with van der Waals surface area (Å²) in [5.41, 5.74) is 0.552. The first-order valence-electron chi connectivity index (χ1n) is 4.16. The summed E-state index contributed by atoms with van der Waals surface area (Å²) in [5, 5.41) is 8.98. The van der Waals surface area contributed by atoms with E-state index in [4.69, 9.17) is 5.11 Å². The molecule has 0 amide bonds. The Morgan fingerprint density at radius 1 is 1.64 bits per heavy atom. The number of halogens is 2. The number of ketones is 1. The van der Waals surface area contributed by atoms with Crippen LogP contribution in [0.15, 0.2) is 22.7 Å². The zero-order chi connectivity index (χ0) is 10.7. The van der Waals surface area contributed by atoms with E-state index in [1.807, 2.05) is 0 Å². The van der Waals surface area contributed by atoms with Gasteiger partial charge in [-0.2, -0.15) is 0 Å². The summed E-state index contributed by atoms with van der Waals surface area (Å²) in [5.74, 6) is -0.725. The number of carbonyl (C=O) groups is 1. The molecule has 0 saturated heterocycles. The average Bonchev–Trinajstić information content (AvgIpc) is 2.12. The van der Waals surface area contributed by atoms with E-state index in [0.29, 0.717) is 5.56 Å². The van der Waals surface area contributed by atoms with Crippen LogP contribution in [0.1, 0.15) is 12.5 Å². The van der Waals surface area contributed by atoms with E-state index in [1.165, 1.54) is 19.1 Å². The second-order valence-corrected chi connectivity index (χ2v) is 3.83. The molecular formula is C10H10BrFO2. The fourth-order valence-electron chi connectivity index (χ4n) is 1.02. The number of hydrogen-bond acceptors (Lipinski definition) is 2. The minimum Gasteiger partial charge on any atom is -0.386 e. The van der Waals surface area contributed by atoms with Crippen molar-refractivity contribution in [3.8, 4) is 0 Å². The Morgan fingerprint density at radius 3 is 2.86 bits per heavy atom. The van der Waals surface area contributed by atoms with Gasteiger partial charge < -0.3 is 5.11 Å². The first-order valence-corrected chi connectivity index (χ1v) is 4.95. The molecule has 0 saturated carbocycles. The van der Waals surface area contributed by atoms with E-state index in [0.717, 1.165) is 0 Å². The largest absolute Gasteiger partial charge is 0.386 e. The minimum atomic E-state index is -1.01. The summed E-state index contributed by atoms with van der Waals surface area (Å²) in [6, 6.07) is 4.48. The Balaban J connectivity index is 2.87. The third-order valence-electron chi connectivity index (χ3n) is 1.86. The summed E-state index contributed by atoms with van der Waals surface area (Å²) in [6.45, 7) is 1.40. The predicted octanol–water partition coefficient (Wildman–Crippen LogP) is 2.08. The van der Waals surface area contributed by atoms with Crippen molar-refractivity contribution in [2.45, 2.75) is 19.4 Å². The summed E-state index contributed by atoms with van der Waals surface area (Å²) in [6.07, 6.45) is -0.971. The van der Waals surface area contributed by atoms with Crippen LogP contribution in [-0.2, 0) is 11.2 Å². The number of rotatable bonds is 3. The molecule has 1 aromatic carbocycles. The maximum atomic E-state index is 13.0. The van der Waals surface area contributed by atoms with E-state index in [9.17, 15) is 9.18 Å². The summed E-state index contributed by atoms with van der Waals surface area (Å²) in [4.78, 5) is 11.2. The van der Waals surface area contributed by atoms with Gasteiger partial charge in [0.2, 0.25) is 0 Å². The van der Waals surface area contributed by atoms with Crippen LogP contribution in [0.2, 0.25) is 0 Å². The Labute approximate surface area is 89.9 Å². The van der Waals surface area contributed by atoms with Gasteiger partial charge in [0.1, 0.15) is 11.9 Å². The van der Waals surface area contributed by atoms with Gasteiger partial charge >= 0.3 is 0 Å². The van der Waals surface area contributed by atoms with E-state index in [1.54, 1.807) is 6.07 Å². The van der Waals surface area contributed by atoms with Gasteiger partial charge in [0.15, 0.2) is 5.78 Å². The van der Waals surface area contributed by atoms with Gasteiger partial charge in [-0.15, -0.1) is 0 Å². The Bertz CT molecular complexity index is 350. The number of hydrogen-bond donors (Lipinski definition) is 1. The maximum Gasteiger partial charge on any atom is 0.165 e. The van der Waals surface area contributed by atoms with Crippen molar-refractivity contribution in [1.82, 2.24) is 0 Å². The van der Waals surface area contributed by atoms with Crippen LogP contribution in [0.4, 0.5) is 4.39 Å². The lowest BCUT2D eigenvalue weighted by atomic mass is 10.1. The van der Waals surface area contributed by atoms with E-state index < -0.39 is 11.9 Å². The Kier molecular flexibility index (Phi) is 3.77. The van der Waals surface area contributed by atoms with Crippen LogP contribution < -0.4 is 0 Å². The van der Waals surface area contributed by atoms with Crippen LogP contribution in [0, 0.1) is 5.82 Å². The average molecular weight is 261 g/mol. The van der Waals surface area contributed by atoms with E-state index in [2.05, 4.69) is 15.9 Å². The van der Waals surface area contributed by atoms with Gasteiger partial charge in [0.25, 0.3) is 0 Å². The molecular weight excluding hydrogens is 251 g/mol. The first kappa shape index (κ1) is 11.3. The van der Waals surface area contributed by atoms with Crippen LogP contribution >= 0.6 is 15.9 Å². The molecule has 1 rings (SSSR count). The second-order valence-electron chi connectivity index (χ2n) is 3.03. The van der Waals surface area contributed by atoms with Crippen LogP contribution in [0.5, 0.6) is 0 Å². The first-order chi connectivity index (χ1) is 6.52. The zero-order valence-electron chi connectivity index (χ0n) is 7.63. The minimum absolute atomic E-state index is 0.0377. The molecule has 0 heterocycles.